The highest BCUT2D eigenvalue weighted by Gasteiger charge is 2.28. The van der Waals surface area contributed by atoms with Crippen LogP contribution in [0.25, 0.3) is 11.0 Å². The second kappa shape index (κ2) is 10.6. The van der Waals surface area contributed by atoms with Crippen molar-refractivity contribution in [2.24, 2.45) is 0 Å². The van der Waals surface area contributed by atoms with Gasteiger partial charge in [0.25, 0.3) is 6.43 Å². The first kappa shape index (κ1) is 25.4. The Balaban J connectivity index is 1.56. The van der Waals surface area contributed by atoms with Crippen LogP contribution in [0.15, 0.2) is 36.9 Å². The number of anilines is 1. The summed E-state index contributed by atoms with van der Waals surface area (Å²) in [5, 5.41) is 3.84. The monoisotopic (exact) mass is 513 g/mol. The van der Waals surface area contributed by atoms with Gasteiger partial charge >= 0.3 is 0 Å². The van der Waals surface area contributed by atoms with Crippen molar-refractivity contribution >= 4 is 16.9 Å². The van der Waals surface area contributed by atoms with Gasteiger partial charge in [0.05, 0.1) is 30.2 Å². The lowest BCUT2D eigenvalue weighted by Crippen LogP contribution is -2.39. The van der Waals surface area contributed by atoms with Crippen LogP contribution in [0.4, 0.5) is 19.0 Å². The number of halogens is 3. The van der Waals surface area contributed by atoms with Crippen molar-refractivity contribution in [3.05, 3.63) is 65.3 Å². The molecule has 2 aliphatic rings. The summed E-state index contributed by atoms with van der Waals surface area (Å²) < 4.78 is 53.1. The largest absolute Gasteiger partial charge is 0.469 e. The van der Waals surface area contributed by atoms with E-state index in [1.165, 1.54) is 18.2 Å². The maximum absolute atomic E-state index is 15.0. The second-order valence-corrected chi connectivity index (χ2v) is 9.64. The molecule has 1 N–H and O–H groups in total. The maximum Gasteiger partial charge on any atom is 0.266 e. The smallest absolute Gasteiger partial charge is 0.266 e. The normalized spacial score (nSPS) is 18.1. The molecule has 2 aromatic heterocycles. The Kier molecular flexibility index (Phi) is 7.30. The lowest BCUT2D eigenvalue weighted by atomic mass is 9.89. The van der Waals surface area contributed by atoms with E-state index in [-0.39, 0.29) is 17.6 Å². The van der Waals surface area contributed by atoms with Crippen molar-refractivity contribution in [1.29, 1.82) is 0 Å². The van der Waals surface area contributed by atoms with Crippen LogP contribution in [0.2, 0.25) is 0 Å². The van der Waals surface area contributed by atoms with E-state index in [0.717, 1.165) is 37.6 Å². The van der Waals surface area contributed by atoms with E-state index < -0.39 is 23.8 Å². The molecule has 7 nitrogen and oxygen atoms in total. The zero-order chi connectivity index (χ0) is 26.1. The number of nitrogens with zero attached hydrogens (tertiary/aromatic N) is 4. The molecular weight excluding hydrogens is 483 g/mol. The minimum absolute atomic E-state index is 0.0503. The van der Waals surface area contributed by atoms with Crippen LogP contribution in [0, 0.1) is 12.7 Å². The Morgan fingerprint density at radius 1 is 1.16 bits per heavy atom. The molecular formula is C27H30F3N5O2. The number of aryl methyl sites for hydroxylation is 1. The third-order valence-corrected chi connectivity index (χ3v) is 6.99. The zero-order valence-electron chi connectivity index (χ0n) is 20.9. The van der Waals surface area contributed by atoms with Gasteiger partial charge in [0, 0.05) is 11.1 Å². The fourth-order valence-corrected chi connectivity index (χ4v) is 4.81. The van der Waals surface area contributed by atoms with E-state index in [9.17, 15) is 13.2 Å². The van der Waals surface area contributed by atoms with Gasteiger partial charge in [0.1, 0.15) is 23.6 Å². The topological polar surface area (TPSA) is 72.4 Å². The summed E-state index contributed by atoms with van der Waals surface area (Å²) in [6, 6.07) is 5.16. The van der Waals surface area contributed by atoms with Crippen molar-refractivity contribution in [2.75, 3.05) is 38.7 Å². The Morgan fingerprint density at radius 3 is 2.54 bits per heavy atom. The molecule has 37 heavy (non-hydrogen) atoms. The lowest BCUT2D eigenvalue weighted by molar-refractivity contribution is -0.0817. The van der Waals surface area contributed by atoms with Crippen LogP contribution in [-0.4, -0.2) is 59.3 Å². The van der Waals surface area contributed by atoms with Crippen LogP contribution in [0.3, 0.4) is 0 Å². The van der Waals surface area contributed by atoms with Gasteiger partial charge in [-0.25, -0.2) is 23.1 Å². The molecule has 2 saturated heterocycles. The van der Waals surface area contributed by atoms with Gasteiger partial charge < -0.3 is 19.7 Å². The summed E-state index contributed by atoms with van der Waals surface area (Å²) in [6.07, 6.45) is 0.407. The van der Waals surface area contributed by atoms with Crippen LogP contribution in [-0.2, 0) is 4.74 Å². The molecule has 0 spiro atoms. The number of benzene rings is 1. The van der Waals surface area contributed by atoms with Crippen LogP contribution < -0.4 is 10.1 Å². The third-order valence-electron chi connectivity index (χ3n) is 6.99. The van der Waals surface area contributed by atoms with Gasteiger partial charge in [-0.05, 0) is 51.9 Å². The Bertz CT molecular complexity index is 1290. The molecule has 3 aromatic rings. The van der Waals surface area contributed by atoms with E-state index in [1.54, 1.807) is 6.92 Å². The Labute approximate surface area is 213 Å². The second-order valence-electron chi connectivity index (χ2n) is 9.64. The fraction of sp³-hybridized carbons (Fsp3) is 0.444. The molecule has 0 bridgehead atoms. The van der Waals surface area contributed by atoms with Crippen molar-refractivity contribution in [3.8, 4) is 5.88 Å². The van der Waals surface area contributed by atoms with Crippen LogP contribution in [0.1, 0.15) is 53.7 Å². The van der Waals surface area contributed by atoms with Gasteiger partial charge in [-0.15, -0.1) is 6.58 Å². The molecule has 1 aromatic carbocycles. The minimum Gasteiger partial charge on any atom is -0.469 e. The zero-order valence-corrected chi connectivity index (χ0v) is 20.9. The van der Waals surface area contributed by atoms with Crippen molar-refractivity contribution < 1.29 is 22.6 Å². The minimum atomic E-state index is -2.92. The average Bonchev–Trinajstić information content (AvgIpc) is 2.85. The summed E-state index contributed by atoms with van der Waals surface area (Å²) in [5.41, 5.74) is 0.823. The Morgan fingerprint density at radius 2 is 1.89 bits per heavy atom. The van der Waals surface area contributed by atoms with E-state index in [4.69, 9.17) is 14.5 Å². The van der Waals surface area contributed by atoms with E-state index >= 15 is 0 Å². The number of nitrogens with one attached hydrogen (secondary N) is 1. The van der Waals surface area contributed by atoms with Crippen molar-refractivity contribution in [2.45, 2.75) is 44.3 Å². The van der Waals surface area contributed by atoms with Gasteiger partial charge in [-0.1, -0.05) is 24.3 Å². The standard InChI is InChI=1S/C27H30F3N5O2/c1-4-22(18-6-5-7-19(23(18)28)24(29)30)33-25-21-12-20(16-8-10-35(3)11-9-16)27(37-17-13-36-14-17)34-26(21)32-15(2)31-25/h4-7,12,16-17,22,24H,1,8-11,13-14H2,2-3H3,(H,31,32,33,34)/t22-/m1/s1. The molecule has 10 heteroatoms. The highest BCUT2D eigenvalue weighted by atomic mass is 19.3. The number of ether oxygens (including phenoxy) is 2. The first-order chi connectivity index (χ1) is 17.8. The van der Waals surface area contributed by atoms with Crippen LogP contribution >= 0.6 is 0 Å². The number of fused-ring (bicyclic) bond motifs is 1. The molecule has 4 heterocycles. The molecule has 0 radical (unpaired) electrons. The summed E-state index contributed by atoms with van der Waals surface area (Å²) >= 11 is 0. The predicted octanol–water partition coefficient (Wildman–Crippen LogP) is 5.34. The summed E-state index contributed by atoms with van der Waals surface area (Å²) in [6.45, 7) is 8.50. The summed E-state index contributed by atoms with van der Waals surface area (Å²) in [4.78, 5) is 16.2. The van der Waals surface area contributed by atoms with Crippen molar-refractivity contribution in [1.82, 2.24) is 19.9 Å². The number of hydrogen-bond acceptors (Lipinski definition) is 7. The predicted molar refractivity (Wildman–Crippen MR) is 135 cm³/mol. The quantitative estimate of drug-likeness (QED) is 0.408. The molecule has 0 saturated carbocycles. The molecule has 5 rings (SSSR count). The lowest BCUT2D eigenvalue weighted by Gasteiger charge is -2.32. The van der Waals surface area contributed by atoms with Gasteiger partial charge in [-0.2, -0.15) is 4.98 Å². The molecule has 196 valence electrons. The fourth-order valence-electron chi connectivity index (χ4n) is 4.81. The highest BCUT2D eigenvalue weighted by molar-refractivity contribution is 5.88. The molecule has 0 aliphatic carbocycles. The average molecular weight is 514 g/mol. The number of rotatable bonds is 8. The molecule has 2 aliphatic heterocycles. The number of hydrogen-bond donors (Lipinski definition) is 1. The molecule has 0 unspecified atom stereocenters. The van der Waals surface area contributed by atoms with E-state index in [1.807, 2.05) is 6.07 Å². The van der Waals surface area contributed by atoms with Gasteiger partial charge in [0.15, 0.2) is 5.65 Å². The molecule has 0 amide bonds. The SMILES string of the molecule is C=C[C@@H](Nc1nc(C)nc2nc(OC3COC3)c(C3CCN(C)CC3)cc12)c1cccc(C(F)F)c1F. The summed E-state index contributed by atoms with van der Waals surface area (Å²) in [5.74, 6) is 0.712. The maximum atomic E-state index is 15.0. The summed E-state index contributed by atoms with van der Waals surface area (Å²) in [7, 11) is 2.11. The van der Waals surface area contributed by atoms with Crippen LogP contribution in [0.5, 0.6) is 5.88 Å². The number of alkyl halides is 2. The third kappa shape index (κ3) is 5.26. The van der Waals surface area contributed by atoms with Gasteiger partial charge in [-0.3, -0.25) is 0 Å². The Hall–Kier alpha value is -3.24. The number of aromatic nitrogens is 3. The number of piperidine rings is 1. The van der Waals surface area contributed by atoms with Crippen molar-refractivity contribution in [3.63, 3.8) is 0 Å². The van der Waals surface area contributed by atoms with E-state index in [0.29, 0.717) is 41.8 Å². The molecule has 1 atom stereocenters. The molecule has 2 fully saturated rings. The number of pyridine rings is 1. The van der Waals surface area contributed by atoms with Gasteiger partial charge in [0.2, 0.25) is 5.88 Å². The highest BCUT2D eigenvalue weighted by Crippen LogP contribution is 2.38. The first-order valence-corrected chi connectivity index (χ1v) is 12.4. The first-order valence-electron chi connectivity index (χ1n) is 12.4. The van der Waals surface area contributed by atoms with E-state index in [2.05, 4.69) is 33.8 Å². The number of likely N-dealkylation sites (tertiary alicyclic amines) is 1.